The number of rotatable bonds is 4. The van der Waals surface area contributed by atoms with Crippen molar-refractivity contribution in [2.45, 2.75) is 18.9 Å². The number of piperidine rings is 1. The molecule has 0 bridgehead atoms. The molecule has 8 nitrogen and oxygen atoms in total. The fraction of sp³-hybridized carbons (Fsp3) is 0.200. The Morgan fingerprint density at radius 3 is 2.82 bits per heavy atom. The quantitative estimate of drug-likeness (QED) is 0.407. The van der Waals surface area contributed by atoms with E-state index in [2.05, 4.69) is 25.9 Å². The van der Waals surface area contributed by atoms with E-state index in [0.29, 0.717) is 16.3 Å². The SMILES string of the molecule is O=C(N[C@@H]1CCCNC1)c1sc2nccc3c2c1NC(=O)N3c1cccc(-c2ccncc2)c1. The maximum atomic E-state index is 13.4. The number of hydrogen-bond acceptors (Lipinski definition) is 6. The van der Waals surface area contributed by atoms with Gasteiger partial charge in [-0.25, -0.2) is 9.78 Å². The van der Waals surface area contributed by atoms with E-state index in [1.165, 1.54) is 11.3 Å². The van der Waals surface area contributed by atoms with Crippen LogP contribution in [0.3, 0.4) is 0 Å². The highest BCUT2D eigenvalue weighted by molar-refractivity contribution is 7.21. The predicted octanol–water partition coefficient (Wildman–Crippen LogP) is 4.52. The lowest BCUT2D eigenvalue weighted by molar-refractivity contribution is 0.0935. The minimum atomic E-state index is -0.307. The van der Waals surface area contributed by atoms with Gasteiger partial charge in [-0.1, -0.05) is 12.1 Å². The lowest BCUT2D eigenvalue weighted by Gasteiger charge is -2.29. The molecule has 170 valence electrons. The second kappa shape index (κ2) is 8.51. The van der Waals surface area contributed by atoms with Gasteiger partial charge in [0.25, 0.3) is 5.91 Å². The van der Waals surface area contributed by atoms with Gasteiger partial charge in [0.05, 0.1) is 22.4 Å². The first kappa shape index (κ1) is 20.8. The summed E-state index contributed by atoms with van der Waals surface area (Å²) in [6, 6.07) is 13.3. The van der Waals surface area contributed by atoms with Crippen LogP contribution in [0.25, 0.3) is 21.3 Å². The van der Waals surface area contributed by atoms with Crippen molar-refractivity contribution in [2.24, 2.45) is 0 Å². The summed E-state index contributed by atoms with van der Waals surface area (Å²) in [7, 11) is 0. The summed E-state index contributed by atoms with van der Waals surface area (Å²) < 4.78 is 0. The Morgan fingerprint density at radius 2 is 2.00 bits per heavy atom. The maximum absolute atomic E-state index is 13.4. The summed E-state index contributed by atoms with van der Waals surface area (Å²) in [6.07, 6.45) is 7.14. The van der Waals surface area contributed by atoms with Crippen LogP contribution in [0.2, 0.25) is 0 Å². The molecule has 0 unspecified atom stereocenters. The number of pyridine rings is 2. The zero-order valence-electron chi connectivity index (χ0n) is 18.2. The summed E-state index contributed by atoms with van der Waals surface area (Å²) in [6.45, 7) is 1.73. The van der Waals surface area contributed by atoms with Gasteiger partial charge in [-0.3, -0.25) is 14.7 Å². The molecule has 0 spiro atoms. The molecule has 2 aliphatic rings. The summed E-state index contributed by atoms with van der Waals surface area (Å²) in [4.78, 5) is 37.9. The van der Waals surface area contributed by atoms with Crippen molar-refractivity contribution in [3.8, 4) is 11.1 Å². The summed E-state index contributed by atoms with van der Waals surface area (Å²) in [5.74, 6) is -0.175. The van der Waals surface area contributed by atoms with Gasteiger partial charge in [-0.15, -0.1) is 11.3 Å². The first-order valence-corrected chi connectivity index (χ1v) is 12.1. The van der Waals surface area contributed by atoms with E-state index in [1.54, 1.807) is 23.5 Å². The van der Waals surface area contributed by atoms with E-state index >= 15 is 0 Å². The molecule has 0 radical (unpaired) electrons. The molecule has 9 heteroatoms. The first-order chi connectivity index (χ1) is 16.7. The Bertz CT molecular complexity index is 1400. The maximum Gasteiger partial charge on any atom is 0.331 e. The number of anilines is 3. The van der Waals surface area contributed by atoms with Crippen molar-refractivity contribution in [1.82, 2.24) is 20.6 Å². The number of carbonyl (C=O) groups excluding carboxylic acids is 2. The predicted molar refractivity (Wildman–Crippen MR) is 134 cm³/mol. The highest BCUT2D eigenvalue weighted by Gasteiger charge is 2.33. The molecule has 6 rings (SSSR count). The molecule has 4 aromatic rings. The third-order valence-corrected chi connectivity index (χ3v) is 7.30. The molecule has 1 saturated heterocycles. The Kier molecular flexibility index (Phi) is 5.20. The Hall–Kier alpha value is -3.82. The van der Waals surface area contributed by atoms with Gasteiger partial charge >= 0.3 is 6.03 Å². The summed E-state index contributed by atoms with van der Waals surface area (Å²) >= 11 is 1.31. The molecule has 3 amide bonds. The average Bonchev–Trinajstić information content (AvgIpc) is 3.25. The minimum absolute atomic E-state index is 0.0813. The number of benzene rings is 1. The van der Waals surface area contributed by atoms with Crippen LogP contribution in [0.5, 0.6) is 0 Å². The summed E-state index contributed by atoms with van der Waals surface area (Å²) in [5, 5.41) is 10.2. The van der Waals surface area contributed by atoms with Crippen LogP contribution in [-0.2, 0) is 0 Å². The molecule has 2 aliphatic heterocycles. The van der Waals surface area contributed by atoms with E-state index in [9.17, 15) is 9.59 Å². The number of nitrogens with one attached hydrogen (secondary N) is 3. The molecule has 0 aliphatic carbocycles. The largest absolute Gasteiger partial charge is 0.347 e. The van der Waals surface area contributed by atoms with E-state index in [1.807, 2.05) is 42.5 Å². The van der Waals surface area contributed by atoms with Crippen molar-refractivity contribution in [3.05, 3.63) is 65.9 Å². The molecular weight excluding hydrogens is 448 g/mol. The number of hydrogen-bond donors (Lipinski definition) is 3. The van der Waals surface area contributed by atoms with Crippen molar-refractivity contribution < 1.29 is 9.59 Å². The number of aromatic nitrogens is 2. The van der Waals surface area contributed by atoms with Crippen LogP contribution in [-0.4, -0.2) is 41.0 Å². The molecule has 1 aromatic carbocycles. The van der Waals surface area contributed by atoms with Crippen molar-refractivity contribution in [1.29, 1.82) is 0 Å². The molecule has 3 aromatic heterocycles. The van der Waals surface area contributed by atoms with E-state index < -0.39 is 0 Å². The number of nitrogens with zero attached hydrogens (tertiary/aromatic N) is 3. The smallest absolute Gasteiger partial charge is 0.331 e. The van der Waals surface area contributed by atoms with Gasteiger partial charge in [0.2, 0.25) is 0 Å². The summed E-state index contributed by atoms with van der Waals surface area (Å²) in [5.41, 5.74) is 3.98. The van der Waals surface area contributed by atoms with Crippen LogP contribution in [0.1, 0.15) is 22.5 Å². The van der Waals surface area contributed by atoms with Crippen molar-refractivity contribution in [3.63, 3.8) is 0 Å². The number of urea groups is 1. The number of carbonyl (C=O) groups is 2. The molecular formula is C25H22N6O2S. The zero-order valence-corrected chi connectivity index (χ0v) is 19.1. The zero-order chi connectivity index (χ0) is 23.1. The molecule has 5 heterocycles. The second-order valence-corrected chi connectivity index (χ2v) is 9.38. The molecule has 34 heavy (non-hydrogen) atoms. The fourth-order valence-corrected chi connectivity index (χ4v) is 5.62. The number of amides is 3. The van der Waals surface area contributed by atoms with Crippen LogP contribution in [0, 0.1) is 0 Å². The molecule has 0 saturated carbocycles. The van der Waals surface area contributed by atoms with E-state index in [0.717, 1.165) is 53.0 Å². The Balaban J connectivity index is 1.40. The fourth-order valence-electron chi connectivity index (χ4n) is 4.60. The first-order valence-electron chi connectivity index (χ1n) is 11.2. The number of thiophene rings is 1. The normalized spacial score (nSPS) is 17.5. The standard InChI is InChI=1S/C25H22N6O2S/c32-23(29-17-4-2-9-27-14-17)22-21-20-19(8-12-28-24(20)34-22)31(25(33)30-21)18-5-1-3-16(13-18)15-6-10-26-11-7-15/h1,3,5-8,10-13,17,27H,2,4,9,14H2,(H,29,32)(H,30,33)/t17-/m1/s1. The van der Waals surface area contributed by atoms with E-state index in [-0.39, 0.29) is 18.0 Å². The van der Waals surface area contributed by atoms with E-state index in [4.69, 9.17) is 0 Å². The lowest BCUT2D eigenvalue weighted by atomic mass is 10.1. The van der Waals surface area contributed by atoms with Crippen molar-refractivity contribution in [2.75, 3.05) is 23.3 Å². The van der Waals surface area contributed by atoms with Crippen LogP contribution in [0.4, 0.5) is 21.9 Å². The molecule has 1 atom stereocenters. The molecule has 3 N–H and O–H groups in total. The van der Waals surface area contributed by atoms with Crippen LogP contribution >= 0.6 is 11.3 Å². The Labute approximate surface area is 200 Å². The average molecular weight is 471 g/mol. The van der Waals surface area contributed by atoms with Gasteiger partial charge in [0, 0.05) is 31.2 Å². The van der Waals surface area contributed by atoms with Gasteiger partial charge in [-0.05, 0) is 60.8 Å². The van der Waals surface area contributed by atoms with Crippen LogP contribution in [0.15, 0.2) is 61.1 Å². The lowest BCUT2D eigenvalue weighted by Crippen LogP contribution is -2.45. The third kappa shape index (κ3) is 3.59. The van der Waals surface area contributed by atoms with Gasteiger partial charge in [0.15, 0.2) is 0 Å². The van der Waals surface area contributed by atoms with Crippen molar-refractivity contribution >= 4 is 50.6 Å². The topological polar surface area (TPSA) is 99.2 Å². The Morgan fingerprint density at radius 1 is 1.12 bits per heavy atom. The minimum Gasteiger partial charge on any atom is -0.347 e. The second-order valence-electron chi connectivity index (χ2n) is 8.38. The van der Waals surface area contributed by atoms with Gasteiger partial charge in [-0.2, -0.15) is 0 Å². The monoisotopic (exact) mass is 470 g/mol. The third-order valence-electron chi connectivity index (χ3n) is 6.20. The highest BCUT2D eigenvalue weighted by Crippen LogP contribution is 2.46. The van der Waals surface area contributed by atoms with Gasteiger partial charge in [0.1, 0.15) is 9.71 Å². The molecule has 1 fully saturated rings. The van der Waals surface area contributed by atoms with Crippen LogP contribution < -0.4 is 20.9 Å². The highest BCUT2D eigenvalue weighted by atomic mass is 32.1. The van der Waals surface area contributed by atoms with Gasteiger partial charge < -0.3 is 16.0 Å².